The van der Waals surface area contributed by atoms with Gasteiger partial charge in [0.05, 0.1) is 29.2 Å². The van der Waals surface area contributed by atoms with Crippen molar-refractivity contribution >= 4 is 50.0 Å². The maximum atomic E-state index is 14.7. The summed E-state index contributed by atoms with van der Waals surface area (Å²) in [6.07, 6.45) is -3.47. The lowest BCUT2D eigenvalue weighted by molar-refractivity contribution is -0.203. The number of anilines is 2. The fourth-order valence-electron chi connectivity index (χ4n) is 6.20. The molecular formula is C34H30F4N4O7S. The molecule has 1 saturated heterocycles. The van der Waals surface area contributed by atoms with Crippen molar-refractivity contribution in [3.8, 4) is 5.75 Å². The van der Waals surface area contributed by atoms with E-state index in [2.05, 4.69) is 15.0 Å². The Bertz CT molecular complexity index is 2110. The molecule has 2 aliphatic rings. The molecule has 50 heavy (non-hydrogen) atoms. The van der Waals surface area contributed by atoms with Crippen LogP contribution in [0, 0.1) is 11.7 Å². The minimum absolute atomic E-state index is 0.0178. The van der Waals surface area contributed by atoms with Gasteiger partial charge < -0.3 is 25.4 Å². The van der Waals surface area contributed by atoms with Crippen LogP contribution in [-0.2, 0) is 29.0 Å². The fraction of sp³-hybridized carbons (Fsp3) is 0.294. The first-order valence-corrected chi connectivity index (χ1v) is 17.0. The van der Waals surface area contributed by atoms with Gasteiger partial charge in [0.25, 0.3) is 0 Å². The molecule has 16 heteroatoms. The van der Waals surface area contributed by atoms with Crippen molar-refractivity contribution in [1.82, 2.24) is 9.88 Å². The molecule has 2 heterocycles. The number of hydrogen-bond donors (Lipinski definition) is 2. The Morgan fingerprint density at radius 2 is 1.76 bits per heavy atom. The van der Waals surface area contributed by atoms with Crippen molar-refractivity contribution < 1.29 is 49.8 Å². The molecule has 11 nitrogen and oxygen atoms in total. The molecule has 6 rings (SSSR count). The Morgan fingerprint density at radius 1 is 1.02 bits per heavy atom. The number of nitrogens with zero attached hydrogens (tertiary/aromatic N) is 2. The lowest BCUT2D eigenvalue weighted by Crippen LogP contribution is -2.40. The van der Waals surface area contributed by atoms with E-state index in [1.54, 1.807) is 24.3 Å². The largest absolute Gasteiger partial charge is 0.494 e. The highest BCUT2D eigenvalue weighted by atomic mass is 32.2. The standard InChI is InChI=1S/C34H30F4N4O7S/c1-48-26-17-19(6-11-25(26)35)28(41-20-7-10-22-18(16-20)12-14-40-30(22)39)31(43)42-15-13-24(32(44)49-33(45)34(36,37)38)29(42)23-4-2-3-5-27(23)50(46,47)21-8-9-21/h2-7,10-12,14,16-17,21,24,28-29,41H,8-9,13,15H2,1H3,(H2,39,40)/t24?,28-,29?/m1/s1. The second-order valence-electron chi connectivity index (χ2n) is 12.0. The lowest BCUT2D eigenvalue weighted by Gasteiger charge is -2.33. The van der Waals surface area contributed by atoms with E-state index >= 15 is 0 Å². The number of nitrogens with one attached hydrogen (secondary N) is 1. The number of rotatable bonds is 9. The van der Waals surface area contributed by atoms with Crippen molar-refractivity contribution in [2.75, 3.05) is 24.7 Å². The van der Waals surface area contributed by atoms with Crippen molar-refractivity contribution in [1.29, 1.82) is 0 Å². The molecular weight excluding hydrogens is 684 g/mol. The number of alkyl halides is 3. The Balaban J connectivity index is 1.45. The number of fused-ring (bicyclic) bond motifs is 1. The van der Waals surface area contributed by atoms with Crippen LogP contribution in [0.2, 0.25) is 0 Å². The van der Waals surface area contributed by atoms with Gasteiger partial charge in [-0.3, -0.25) is 9.59 Å². The summed E-state index contributed by atoms with van der Waals surface area (Å²) in [5, 5.41) is 3.72. The van der Waals surface area contributed by atoms with E-state index in [0.717, 1.165) is 6.07 Å². The summed E-state index contributed by atoms with van der Waals surface area (Å²) in [5.74, 6) is -7.24. The van der Waals surface area contributed by atoms with Crippen LogP contribution in [-0.4, -0.2) is 61.2 Å². The third-order valence-electron chi connectivity index (χ3n) is 8.78. The molecule has 0 bridgehead atoms. The first-order valence-electron chi connectivity index (χ1n) is 15.4. The second-order valence-corrected chi connectivity index (χ2v) is 14.2. The first kappa shape index (κ1) is 34.6. The monoisotopic (exact) mass is 714 g/mol. The van der Waals surface area contributed by atoms with Gasteiger partial charge >= 0.3 is 18.1 Å². The Hall–Kier alpha value is -5.25. The zero-order valence-electron chi connectivity index (χ0n) is 26.3. The van der Waals surface area contributed by atoms with Crippen LogP contribution in [0.25, 0.3) is 10.8 Å². The van der Waals surface area contributed by atoms with Crippen LogP contribution >= 0.6 is 0 Å². The molecule has 3 aromatic carbocycles. The predicted molar refractivity (Wildman–Crippen MR) is 172 cm³/mol. The number of pyridine rings is 1. The number of carbonyl (C=O) groups is 3. The van der Waals surface area contributed by atoms with E-state index in [4.69, 9.17) is 10.5 Å². The van der Waals surface area contributed by atoms with Gasteiger partial charge in [-0.25, -0.2) is 22.6 Å². The summed E-state index contributed by atoms with van der Waals surface area (Å²) >= 11 is 0. The molecule has 3 atom stereocenters. The summed E-state index contributed by atoms with van der Waals surface area (Å²) in [7, 11) is -2.73. The van der Waals surface area contributed by atoms with Gasteiger partial charge in [-0.15, -0.1) is 0 Å². The molecule has 262 valence electrons. The van der Waals surface area contributed by atoms with Crippen LogP contribution in [0.15, 0.2) is 77.8 Å². The average molecular weight is 715 g/mol. The number of aromatic nitrogens is 1. The molecule has 1 aromatic heterocycles. The van der Waals surface area contributed by atoms with Gasteiger partial charge in [0.1, 0.15) is 11.9 Å². The van der Waals surface area contributed by atoms with Crippen LogP contribution in [0.3, 0.4) is 0 Å². The van der Waals surface area contributed by atoms with E-state index in [0.29, 0.717) is 29.3 Å². The molecule has 2 unspecified atom stereocenters. The van der Waals surface area contributed by atoms with E-state index < -0.39 is 62.9 Å². The van der Waals surface area contributed by atoms with E-state index in [1.807, 2.05) is 0 Å². The minimum Gasteiger partial charge on any atom is -0.494 e. The number of nitrogens with two attached hydrogens (primary N) is 1. The van der Waals surface area contributed by atoms with Gasteiger partial charge in [0.2, 0.25) is 5.91 Å². The number of amides is 1. The Labute approximate surface area is 283 Å². The number of nitrogen functional groups attached to an aromatic ring is 1. The van der Waals surface area contributed by atoms with Crippen molar-refractivity contribution in [2.24, 2.45) is 5.92 Å². The summed E-state index contributed by atoms with van der Waals surface area (Å²) in [5.41, 5.74) is 6.59. The first-order chi connectivity index (χ1) is 23.7. The smallest absolute Gasteiger partial charge is 0.491 e. The van der Waals surface area contributed by atoms with Crippen LogP contribution < -0.4 is 15.8 Å². The number of halogens is 4. The molecule has 3 N–H and O–H groups in total. The van der Waals surface area contributed by atoms with Gasteiger partial charge in [0, 0.05) is 23.8 Å². The van der Waals surface area contributed by atoms with E-state index in [-0.39, 0.29) is 40.6 Å². The topological polar surface area (TPSA) is 158 Å². The summed E-state index contributed by atoms with van der Waals surface area (Å²) < 4.78 is 90.4. The third-order valence-corrected chi connectivity index (χ3v) is 11.1. The molecule has 0 spiro atoms. The second kappa shape index (κ2) is 13.2. The van der Waals surface area contributed by atoms with Crippen molar-refractivity contribution in [3.05, 3.63) is 89.9 Å². The molecule has 2 fully saturated rings. The fourth-order valence-corrected chi connectivity index (χ4v) is 8.11. The normalized spacial score (nSPS) is 18.5. The Kier molecular flexibility index (Phi) is 9.15. The quantitative estimate of drug-likeness (QED) is 0.133. The zero-order valence-corrected chi connectivity index (χ0v) is 27.1. The number of likely N-dealkylation sites (tertiary alicyclic amines) is 1. The van der Waals surface area contributed by atoms with Gasteiger partial charge in [-0.2, -0.15) is 13.2 Å². The maximum Gasteiger partial charge on any atom is 0.491 e. The van der Waals surface area contributed by atoms with E-state index in [9.17, 15) is 40.4 Å². The van der Waals surface area contributed by atoms with Crippen LogP contribution in [0.4, 0.5) is 29.1 Å². The summed E-state index contributed by atoms with van der Waals surface area (Å²) in [6.45, 7) is -0.238. The lowest BCUT2D eigenvalue weighted by atomic mass is 9.93. The number of hydrogen-bond acceptors (Lipinski definition) is 10. The van der Waals surface area contributed by atoms with Crippen molar-refractivity contribution in [2.45, 2.75) is 47.7 Å². The average Bonchev–Trinajstić information content (AvgIpc) is 3.86. The van der Waals surface area contributed by atoms with Gasteiger partial charge in [-0.05, 0) is 78.2 Å². The number of sulfone groups is 1. The van der Waals surface area contributed by atoms with Crippen LogP contribution in [0.1, 0.15) is 42.5 Å². The van der Waals surface area contributed by atoms with Crippen LogP contribution in [0.5, 0.6) is 5.75 Å². The Morgan fingerprint density at radius 3 is 2.46 bits per heavy atom. The highest BCUT2D eigenvalue weighted by Gasteiger charge is 2.50. The third kappa shape index (κ3) is 6.66. The number of esters is 2. The minimum atomic E-state index is -5.48. The highest BCUT2D eigenvalue weighted by Crippen LogP contribution is 2.45. The molecule has 1 aliphatic carbocycles. The maximum absolute atomic E-state index is 14.7. The number of carbonyl (C=O) groups excluding carboxylic acids is 3. The predicted octanol–water partition coefficient (Wildman–Crippen LogP) is 5.28. The molecule has 4 aromatic rings. The van der Waals surface area contributed by atoms with Crippen molar-refractivity contribution in [3.63, 3.8) is 0 Å². The molecule has 1 aliphatic heterocycles. The molecule has 1 saturated carbocycles. The van der Waals surface area contributed by atoms with Gasteiger partial charge in [-0.1, -0.05) is 24.3 Å². The van der Waals surface area contributed by atoms with Gasteiger partial charge in [0.15, 0.2) is 21.4 Å². The number of benzene rings is 3. The number of ether oxygens (including phenoxy) is 2. The molecule has 0 radical (unpaired) electrons. The SMILES string of the molecule is COc1cc([C@@H](Nc2ccc3c(N)nccc3c2)C(=O)N2CCC(C(=O)OC(=O)C(F)(F)F)C2c2ccccc2S(=O)(=O)C2CC2)ccc1F. The zero-order chi connectivity index (χ0) is 36.0. The highest BCUT2D eigenvalue weighted by molar-refractivity contribution is 7.92. The molecule has 1 amide bonds. The summed E-state index contributed by atoms with van der Waals surface area (Å²) in [4.78, 5) is 44.7. The number of methoxy groups -OCH3 is 1. The summed E-state index contributed by atoms with van der Waals surface area (Å²) in [6, 6.07) is 13.2. The van der Waals surface area contributed by atoms with E-state index in [1.165, 1.54) is 54.6 Å².